The Labute approximate surface area is 182 Å². The van der Waals surface area contributed by atoms with Crippen LogP contribution in [0.1, 0.15) is 10.4 Å². The number of fused-ring (bicyclic) bond motifs is 1. The number of hydrogen-bond donors (Lipinski definition) is 3. The molecule has 33 heavy (non-hydrogen) atoms. The highest BCUT2D eigenvalue weighted by molar-refractivity contribution is 6.03. The number of aromatic carboxylic acids is 1. The number of nitrogens with zero attached hydrogens (tertiary/aromatic N) is 5. The van der Waals surface area contributed by atoms with Crippen LogP contribution in [0.5, 0.6) is 0 Å². The van der Waals surface area contributed by atoms with Gasteiger partial charge in [-0.2, -0.15) is 0 Å². The van der Waals surface area contributed by atoms with Crippen LogP contribution in [0.25, 0.3) is 16.9 Å². The molecule has 0 spiro atoms. The molecule has 5 N–H and O–H groups in total. The molecule has 11 nitrogen and oxygen atoms in total. The zero-order chi connectivity index (χ0) is 24.0. The van der Waals surface area contributed by atoms with Gasteiger partial charge in [-0.15, -0.1) is 0 Å². The lowest BCUT2D eigenvalue weighted by Crippen LogP contribution is -2.61. The van der Waals surface area contributed by atoms with Crippen LogP contribution in [0.15, 0.2) is 28.3 Å². The molecule has 1 fully saturated rings. The van der Waals surface area contributed by atoms with E-state index >= 15 is 0 Å². The van der Waals surface area contributed by atoms with E-state index in [-0.39, 0.29) is 24.6 Å². The maximum absolute atomic E-state index is 15.0. The third kappa shape index (κ3) is 3.49. The molecule has 14 heteroatoms. The van der Waals surface area contributed by atoms with Crippen LogP contribution < -0.4 is 21.8 Å². The number of pyridine rings is 3. The van der Waals surface area contributed by atoms with Crippen LogP contribution >= 0.6 is 0 Å². The predicted octanol–water partition coefficient (Wildman–Crippen LogP) is 0.628. The Morgan fingerprint density at radius 3 is 2.58 bits per heavy atom. The first-order valence-corrected chi connectivity index (χ1v) is 9.35. The molecule has 4 rings (SSSR count). The number of carbonyl (C=O) groups is 1. The Morgan fingerprint density at radius 2 is 1.94 bits per heavy atom. The fourth-order valence-corrected chi connectivity index (χ4v) is 3.52. The quantitative estimate of drug-likeness (QED) is 0.461. The van der Waals surface area contributed by atoms with Crippen LogP contribution in [0, 0.1) is 17.5 Å². The molecule has 1 aliphatic heterocycles. The number of aromatic nitrogens is 3. The molecule has 4 heterocycles. The van der Waals surface area contributed by atoms with Crippen LogP contribution in [0.4, 0.5) is 24.8 Å². The Hall–Kier alpha value is -4.20. The van der Waals surface area contributed by atoms with Crippen molar-refractivity contribution in [3.8, 4) is 5.82 Å². The highest BCUT2D eigenvalue weighted by atomic mass is 19.1. The van der Waals surface area contributed by atoms with Gasteiger partial charge in [-0.25, -0.2) is 27.9 Å². The number of nitrogen functional groups attached to an aromatic ring is 1. The normalized spacial score (nSPS) is 16.8. The second kappa shape index (κ2) is 8.05. The molecule has 0 saturated carbocycles. The van der Waals surface area contributed by atoms with Gasteiger partial charge in [0.1, 0.15) is 18.4 Å². The molecule has 0 aromatic carbocycles. The second-order valence-electron chi connectivity index (χ2n) is 7.02. The van der Waals surface area contributed by atoms with E-state index in [9.17, 15) is 27.9 Å². The van der Waals surface area contributed by atoms with E-state index < -0.39 is 57.5 Å². The van der Waals surface area contributed by atoms with E-state index in [1.165, 1.54) is 12.0 Å². The minimum absolute atomic E-state index is 0.0385. The molecule has 0 unspecified atom stereocenters. The Morgan fingerprint density at radius 1 is 1.24 bits per heavy atom. The predicted molar refractivity (Wildman–Crippen MR) is 111 cm³/mol. The molecule has 3 aromatic heterocycles. The first-order valence-electron chi connectivity index (χ1n) is 9.35. The first kappa shape index (κ1) is 22.0. The molecule has 0 aliphatic carbocycles. The number of rotatable bonds is 5. The monoisotopic (exact) mass is 463 g/mol. The third-order valence-electron chi connectivity index (χ3n) is 5.11. The standard InChI is InChI=1S/C19H16F3N7O4/c1-33-27-12-6-28(13(12)4-23)18-10(21)2-7-14(30)8(19(31)32)5-29(16(7)26-18)17-11(22)3-9(20)15(24)25-17/h2-3,5,13H,4,6,23H2,1H3,(H2,24,25)(H,31,32)/b27-12+/t13-/m0/s1. The van der Waals surface area contributed by atoms with Crippen molar-refractivity contribution in [1.82, 2.24) is 14.5 Å². The Bertz CT molecular complexity index is 1390. The average molecular weight is 463 g/mol. The fraction of sp³-hybridized carbons (Fsp3) is 0.211. The number of oxime groups is 1. The van der Waals surface area contributed by atoms with Gasteiger partial charge in [0.2, 0.25) is 5.43 Å². The maximum atomic E-state index is 15.0. The van der Waals surface area contributed by atoms with E-state index in [4.69, 9.17) is 16.3 Å². The van der Waals surface area contributed by atoms with Gasteiger partial charge in [0.25, 0.3) is 0 Å². The van der Waals surface area contributed by atoms with Crippen molar-refractivity contribution in [2.45, 2.75) is 6.04 Å². The summed E-state index contributed by atoms with van der Waals surface area (Å²) in [6, 6.07) is 0.672. The second-order valence-corrected chi connectivity index (χ2v) is 7.02. The number of carboxylic acids is 1. The summed E-state index contributed by atoms with van der Waals surface area (Å²) in [6.45, 7) is 0.148. The van der Waals surface area contributed by atoms with Crippen molar-refractivity contribution < 1.29 is 27.9 Å². The lowest BCUT2D eigenvalue weighted by molar-refractivity contribution is 0.0695. The van der Waals surface area contributed by atoms with Crippen molar-refractivity contribution in [1.29, 1.82) is 0 Å². The van der Waals surface area contributed by atoms with E-state index in [1.54, 1.807) is 0 Å². The van der Waals surface area contributed by atoms with E-state index in [0.717, 1.165) is 16.8 Å². The van der Waals surface area contributed by atoms with Gasteiger partial charge in [-0.3, -0.25) is 9.36 Å². The molecule has 1 saturated heterocycles. The molecule has 3 aromatic rings. The van der Waals surface area contributed by atoms with Gasteiger partial charge >= 0.3 is 5.97 Å². The topological polar surface area (TPSA) is 162 Å². The van der Waals surface area contributed by atoms with E-state index in [2.05, 4.69) is 15.1 Å². The highest BCUT2D eigenvalue weighted by Gasteiger charge is 2.38. The molecule has 0 amide bonds. The lowest BCUT2D eigenvalue weighted by Gasteiger charge is -2.41. The maximum Gasteiger partial charge on any atom is 0.341 e. The number of anilines is 2. The number of nitrogens with two attached hydrogens (primary N) is 2. The number of halogens is 3. The van der Waals surface area contributed by atoms with Gasteiger partial charge in [-0.1, -0.05) is 5.16 Å². The summed E-state index contributed by atoms with van der Waals surface area (Å²) < 4.78 is 44.0. The molecule has 172 valence electrons. The number of hydrogen-bond acceptors (Lipinski definition) is 9. The number of carboxylic acid groups (broad SMARTS) is 1. The summed E-state index contributed by atoms with van der Waals surface area (Å²) in [6.07, 6.45) is 0.763. The van der Waals surface area contributed by atoms with Gasteiger partial charge in [0.05, 0.1) is 18.0 Å². The molecule has 0 radical (unpaired) electrons. The zero-order valence-electron chi connectivity index (χ0n) is 16.9. The molecule has 1 aliphatic rings. The molecule has 1 atom stereocenters. The van der Waals surface area contributed by atoms with Crippen molar-refractivity contribution in [3.05, 3.63) is 51.6 Å². The minimum Gasteiger partial charge on any atom is -0.477 e. The van der Waals surface area contributed by atoms with Crippen molar-refractivity contribution >= 4 is 34.4 Å². The largest absolute Gasteiger partial charge is 0.477 e. The van der Waals surface area contributed by atoms with Crippen molar-refractivity contribution in [2.24, 2.45) is 10.9 Å². The highest BCUT2D eigenvalue weighted by Crippen LogP contribution is 2.29. The summed E-state index contributed by atoms with van der Waals surface area (Å²) in [5, 5.41) is 12.7. The summed E-state index contributed by atoms with van der Waals surface area (Å²) in [7, 11) is 1.34. The summed E-state index contributed by atoms with van der Waals surface area (Å²) in [5.41, 5.74) is 9.52. The van der Waals surface area contributed by atoms with Crippen LogP contribution in [-0.2, 0) is 4.84 Å². The summed E-state index contributed by atoms with van der Waals surface area (Å²) in [4.78, 5) is 38.2. The molecular weight excluding hydrogens is 447 g/mol. The van der Waals surface area contributed by atoms with Crippen molar-refractivity contribution in [3.63, 3.8) is 0 Å². The van der Waals surface area contributed by atoms with Gasteiger partial charge < -0.3 is 26.3 Å². The average Bonchev–Trinajstić information content (AvgIpc) is 2.74. The van der Waals surface area contributed by atoms with Crippen LogP contribution in [-0.4, -0.2) is 57.6 Å². The Kier molecular flexibility index (Phi) is 5.37. The molecular formula is C19H16F3N7O4. The summed E-state index contributed by atoms with van der Waals surface area (Å²) in [5.74, 6) is -6.52. The summed E-state index contributed by atoms with van der Waals surface area (Å²) >= 11 is 0. The first-order chi connectivity index (χ1) is 15.7. The smallest absolute Gasteiger partial charge is 0.341 e. The fourth-order valence-electron chi connectivity index (χ4n) is 3.52. The lowest BCUT2D eigenvalue weighted by atomic mass is 10.0. The van der Waals surface area contributed by atoms with Crippen LogP contribution in [0.3, 0.4) is 0 Å². The SMILES string of the molecule is CO/N=C1\CN(c2nc3c(cc2F)c(=O)c(C(=O)O)cn3-c2nc(N)c(F)cc2F)[C@H]1CN. The minimum atomic E-state index is -1.65. The van der Waals surface area contributed by atoms with E-state index in [1.807, 2.05) is 0 Å². The van der Waals surface area contributed by atoms with Gasteiger partial charge in [-0.05, 0) is 6.07 Å². The van der Waals surface area contributed by atoms with Gasteiger partial charge in [0.15, 0.2) is 40.6 Å². The van der Waals surface area contributed by atoms with Crippen LogP contribution in [0.2, 0.25) is 0 Å². The Balaban J connectivity index is 2.01. The zero-order valence-corrected chi connectivity index (χ0v) is 16.9. The molecule has 0 bridgehead atoms. The third-order valence-corrected chi connectivity index (χ3v) is 5.11. The van der Waals surface area contributed by atoms with Gasteiger partial charge in [0, 0.05) is 18.8 Å². The van der Waals surface area contributed by atoms with E-state index in [0.29, 0.717) is 11.8 Å². The van der Waals surface area contributed by atoms with Crippen molar-refractivity contribution in [2.75, 3.05) is 30.8 Å².